The molecule has 0 spiro atoms. The summed E-state index contributed by atoms with van der Waals surface area (Å²) >= 11 is 5.91. The van der Waals surface area contributed by atoms with Crippen molar-refractivity contribution < 1.29 is 14.6 Å². The first-order valence-electron chi connectivity index (χ1n) is 4.78. The van der Waals surface area contributed by atoms with E-state index in [0.717, 1.165) is 0 Å². The molecule has 0 amide bonds. The van der Waals surface area contributed by atoms with Gasteiger partial charge in [-0.2, -0.15) is 5.10 Å². The van der Waals surface area contributed by atoms with E-state index in [1.807, 2.05) is 0 Å². The van der Waals surface area contributed by atoms with Crippen LogP contribution >= 0.6 is 11.6 Å². The van der Waals surface area contributed by atoms with E-state index in [-0.39, 0.29) is 17.6 Å². The summed E-state index contributed by atoms with van der Waals surface area (Å²) in [7, 11) is 0. The van der Waals surface area contributed by atoms with E-state index in [1.54, 1.807) is 0 Å². The highest BCUT2D eigenvalue weighted by Crippen LogP contribution is 2.50. The third kappa shape index (κ3) is 1.38. The van der Waals surface area contributed by atoms with Gasteiger partial charge in [0, 0.05) is 6.07 Å². The normalized spacial score (nSPS) is 13.0. The van der Waals surface area contributed by atoms with Crippen molar-refractivity contribution in [2.45, 2.75) is 0 Å². The number of phenols is 1. The molecule has 7 heteroatoms. The molecule has 4 N–H and O–H groups in total. The van der Waals surface area contributed by atoms with Gasteiger partial charge in [-0.3, -0.25) is 5.10 Å². The average molecular weight is 254 g/mol. The number of H-pyrrole nitrogens is 1. The zero-order chi connectivity index (χ0) is 12.0. The van der Waals surface area contributed by atoms with E-state index in [9.17, 15) is 5.11 Å². The average Bonchev–Trinajstić information content (AvgIpc) is 2.89. The molecule has 0 saturated heterocycles. The lowest BCUT2D eigenvalue weighted by Crippen LogP contribution is -1.94. The van der Waals surface area contributed by atoms with Gasteiger partial charge in [-0.15, -0.1) is 0 Å². The van der Waals surface area contributed by atoms with Gasteiger partial charge in [0.15, 0.2) is 11.5 Å². The van der Waals surface area contributed by atoms with Crippen LogP contribution in [0.3, 0.4) is 0 Å². The Morgan fingerprint density at radius 3 is 3.00 bits per heavy atom. The Hall–Kier alpha value is -2.08. The maximum atomic E-state index is 9.99. The summed E-state index contributed by atoms with van der Waals surface area (Å²) in [6, 6.07) is 1.50. The molecule has 2 aromatic rings. The van der Waals surface area contributed by atoms with Gasteiger partial charge in [0.1, 0.15) is 11.6 Å². The topological polar surface area (TPSA) is 93.4 Å². The van der Waals surface area contributed by atoms with Crippen molar-refractivity contribution >= 4 is 17.4 Å². The molecule has 0 fully saturated rings. The minimum atomic E-state index is -0.107. The van der Waals surface area contributed by atoms with Crippen LogP contribution in [0.5, 0.6) is 17.2 Å². The molecule has 1 aliphatic rings. The molecule has 0 bridgehead atoms. The summed E-state index contributed by atoms with van der Waals surface area (Å²) in [5, 5.41) is 16.5. The molecular weight excluding hydrogens is 246 g/mol. The number of rotatable bonds is 1. The second-order valence-electron chi connectivity index (χ2n) is 3.51. The molecule has 1 aromatic carbocycles. The number of anilines is 1. The highest BCUT2D eigenvalue weighted by atomic mass is 35.5. The number of nitrogens with one attached hydrogen (secondary N) is 1. The van der Waals surface area contributed by atoms with Crippen molar-refractivity contribution in [3.63, 3.8) is 0 Å². The van der Waals surface area contributed by atoms with Crippen molar-refractivity contribution in [2.75, 3.05) is 12.5 Å². The number of benzene rings is 1. The lowest BCUT2D eigenvalue weighted by atomic mass is 10.1. The molecule has 1 aromatic heterocycles. The Morgan fingerprint density at radius 1 is 1.47 bits per heavy atom. The number of aromatic hydroxyl groups is 1. The number of nitrogen functional groups attached to an aromatic ring is 1. The zero-order valence-electron chi connectivity index (χ0n) is 8.53. The summed E-state index contributed by atoms with van der Waals surface area (Å²) in [4.78, 5) is 0. The summed E-state index contributed by atoms with van der Waals surface area (Å²) in [5.74, 6) is 1.10. The smallest absolute Gasteiger partial charge is 0.231 e. The number of ether oxygens (including phenoxy) is 2. The van der Waals surface area contributed by atoms with E-state index < -0.39 is 0 Å². The lowest BCUT2D eigenvalue weighted by molar-refractivity contribution is 0.174. The predicted octanol–water partition coefficient (Wildman–Crippen LogP) is 1.75. The second kappa shape index (κ2) is 3.46. The van der Waals surface area contributed by atoms with E-state index in [0.29, 0.717) is 28.4 Å². The van der Waals surface area contributed by atoms with E-state index in [2.05, 4.69) is 10.2 Å². The highest BCUT2D eigenvalue weighted by molar-refractivity contribution is 6.33. The number of hydrogen-bond acceptors (Lipinski definition) is 5. The first-order valence-corrected chi connectivity index (χ1v) is 5.16. The number of halogens is 1. The van der Waals surface area contributed by atoms with Gasteiger partial charge in [0.05, 0.1) is 22.3 Å². The number of fused-ring (bicyclic) bond motifs is 1. The van der Waals surface area contributed by atoms with Crippen molar-refractivity contribution in [3.8, 4) is 28.4 Å². The Bertz CT molecular complexity index is 597. The monoisotopic (exact) mass is 253 g/mol. The number of hydrogen-bond donors (Lipinski definition) is 3. The quantitative estimate of drug-likeness (QED) is 0.720. The second-order valence-corrected chi connectivity index (χ2v) is 3.92. The molecule has 0 atom stereocenters. The fourth-order valence-corrected chi connectivity index (χ4v) is 1.94. The van der Waals surface area contributed by atoms with Crippen LogP contribution in [0.15, 0.2) is 12.3 Å². The Kier molecular flexibility index (Phi) is 2.05. The van der Waals surface area contributed by atoms with Crippen molar-refractivity contribution in [3.05, 3.63) is 17.3 Å². The third-order valence-electron chi connectivity index (χ3n) is 2.53. The SMILES string of the molecule is Nc1[nH]ncc1-c1c(O)c(Cl)cc2c1OCO2. The summed E-state index contributed by atoms with van der Waals surface area (Å²) in [6.45, 7) is 0.0832. The summed E-state index contributed by atoms with van der Waals surface area (Å²) in [6.07, 6.45) is 1.49. The van der Waals surface area contributed by atoms with Crippen LogP contribution in [0.2, 0.25) is 5.02 Å². The fraction of sp³-hybridized carbons (Fsp3) is 0.100. The van der Waals surface area contributed by atoms with Crippen LogP contribution in [0, 0.1) is 0 Å². The molecule has 0 aliphatic carbocycles. The standard InChI is InChI=1S/C10H8ClN3O3/c11-5-1-6-9(17-3-16-6)7(8(5)15)4-2-13-14-10(4)12/h1-2,15H,3H2,(H3,12,13,14). The van der Waals surface area contributed by atoms with Crippen molar-refractivity contribution in [2.24, 2.45) is 0 Å². The van der Waals surface area contributed by atoms with Crippen LogP contribution in [0.4, 0.5) is 5.82 Å². The molecular formula is C10H8ClN3O3. The van der Waals surface area contributed by atoms with Gasteiger partial charge >= 0.3 is 0 Å². The predicted molar refractivity (Wildman–Crippen MR) is 61.2 cm³/mol. The van der Waals surface area contributed by atoms with Crippen LogP contribution in [0.25, 0.3) is 11.1 Å². The van der Waals surface area contributed by atoms with Gasteiger partial charge in [-0.25, -0.2) is 0 Å². The highest BCUT2D eigenvalue weighted by Gasteiger charge is 2.26. The van der Waals surface area contributed by atoms with E-state index in [1.165, 1.54) is 12.3 Å². The van der Waals surface area contributed by atoms with Crippen molar-refractivity contribution in [1.29, 1.82) is 0 Å². The molecule has 6 nitrogen and oxygen atoms in total. The molecule has 1 aliphatic heterocycles. The number of phenolic OH excluding ortho intramolecular Hbond substituents is 1. The molecule has 0 radical (unpaired) electrons. The first-order chi connectivity index (χ1) is 8.18. The van der Waals surface area contributed by atoms with Gasteiger partial charge in [-0.1, -0.05) is 11.6 Å². The van der Waals surface area contributed by atoms with Gasteiger partial charge < -0.3 is 20.3 Å². The lowest BCUT2D eigenvalue weighted by Gasteiger charge is -2.08. The van der Waals surface area contributed by atoms with Gasteiger partial charge in [-0.05, 0) is 0 Å². The molecule has 0 saturated carbocycles. The van der Waals surface area contributed by atoms with Crippen LogP contribution in [-0.4, -0.2) is 22.1 Å². The van der Waals surface area contributed by atoms with Crippen LogP contribution in [0.1, 0.15) is 0 Å². The molecule has 17 heavy (non-hydrogen) atoms. The number of nitrogens with zero attached hydrogens (tertiary/aromatic N) is 1. The summed E-state index contributed by atoms with van der Waals surface area (Å²) < 4.78 is 10.5. The van der Waals surface area contributed by atoms with Gasteiger partial charge in [0.2, 0.25) is 6.79 Å². The van der Waals surface area contributed by atoms with Gasteiger partial charge in [0.25, 0.3) is 0 Å². The molecule has 88 valence electrons. The van der Waals surface area contributed by atoms with E-state index in [4.69, 9.17) is 26.8 Å². The van der Waals surface area contributed by atoms with Crippen LogP contribution in [-0.2, 0) is 0 Å². The zero-order valence-corrected chi connectivity index (χ0v) is 9.28. The number of aromatic amines is 1. The minimum Gasteiger partial charge on any atom is -0.506 e. The third-order valence-corrected chi connectivity index (χ3v) is 2.82. The Labute approximate surface area is 101 Å². The van der Waals surface area contributed by atoms with E-state index >= 15 is 0 Å². The number of aromatic nitrogens is 2. The summed E-state index contributed by atoms with van der Waals surface area (Å²) in [5.41, 5.74) is 6.62. The Morgan fingerprint density at radius 2 is 2.29 bits per heavy atom. The van der Waals surface area contributed by atoms with Crippen molar-refractivity contribution in [1.82, 2.24) is 10.2 Å². The minimum absolute atomic E-state index is 0.0832. The largest absolute Gasteiger partial charge is 0.506 e. The Balaban J connectivity index is 2.33. The molecule has 3 rings (SSSR count). The van der Waals surface area contributed by atoms with Crippen LogP contribution < -0.4 is 15.2 Å². The maximum absolute atomic E-state index is 9.99. The fourth-order valence-electron chi connectivity index (χ4n) is 1.75. The molecule has 0 unspecified atom stereocenters. The first kappa shape index (κ1) is 10.1. The molecule has 2 heterocycles. The maximum Gasteiger partial charge on any atom is 0.231 e. The number of nitrogens with two attached hydrogens (primary N) is 1.